The van der Waals surface area contributed by atoms with Crippen molar-refractivity contribution < 1.29 is 24.4 Å². The molecule has 0 saturated carbocycles. The summed E-state index contributed by atoms with van der Waals surface area (Å²) >= 11 is 0. The Balaban J connectivity index is 1.93. The summed E-state index contributed by atoms with van der Waals surface area (Å²) in [6.07, 6.45) is -1.30. The van der Waals surface area contributed by atoms with E-state index in [-0.39, 0.29) is 18.8 Å². The molecule has 12 nitrogen and oxygen atoms in total. The smallest absolute Gasteiger partial charge is 0.366 e. The summed E-state index contributed by atoms with van der Waals surface area (Å²) in [7, 11) is 0. The molecule has 12 heteroatoms. The van der Waals surface area contributed by atoms with E-state index in [1.165, 1.54) is 0 Å². The van der Waals surface area contributed by atoms with E-state index in [1.54, 1.807) is 0 Å². The van der Waals surface area contributed by atoms with Crippen LogP contribution in [0.15, 0.2) is 0 Å². The van der Waals surface area contributed by atoms with Crippen LogP contribution in [0.2, 0.25) is 0 Å². The third kappa shape index (κ3) is 1.46. The zero-order chi connectivity index (χ0) is 14.9. The Morgan fingerprint density at radius 1 is 1.43 bits per heavy atom. The Morgan fingerprint density at radius 3 is 2.86 bits per heavy atom. The number of nitro groups is 2. The lowest BCUT2D eigenvalue weighted by Gasteiger charge is -2.43. The summed E-state index contributed by atoms with van der Waals surface area (Å²) in [4.78, 5) is 20.3. The van der Waals surface area contributed by atoms with Gasteiger partial charge in [0.05, 0.1) is 16.6 Å². The number of rotatable bonds is 2. The summed E-state index contributed by atoms with van der Waals surface area (Å²) in [6.45, 7) is 0.181. The van der Waals surface area contributed by atoms with Crippen molar-refractivity contribution >= 4 is 17.3 Å². The molecular formula is C9H9N5O7. The van der Waals surface area contributed by atoms with E-state index in [1.807, 2.05) is 0 Å². The molecule has 0 aromatic carbocycles. The van der Waals surface area contributed by atoms with Crippen LogP contribution in [0.5, 0.6) is 0 Å². The van der Waals surface area contributed by atoms with Crippen LogP contribution < -0.4 is 5.32 Å². The van der Waals surface area contributed by atoms with Gasteiger partial charge in [-0.3, -0.25) is 10.1 Å². The van der Waals surface area contributed by atoms with E-state index in [4.69, 9.17) is 9.47 Å². The minimum Gasteiger partial charge on any atom is -0.366 e. The van der Waals surface area contributed by atoms with Crippen LogP contribution in [0.25, 0.3) is 0 Å². The van der Waals surface area contributed by atoms with Gasteiger partial charge in [-0.25, -0.2) is 0 Å². The Hall–Kier alpha value is -2.31. The van der Waals surface area contributed by atoms with Crippen molar-refractivity contribution in [2.45, 2.75) is 30.6 Å². The van der Waals surface area contributed by atoms with E-state index in [9.17, 15) is 25.3 Å². The number of hydrogen-bond acceptors (Lipinski definition) is 9. The van der Waals surface area contributed by atoms with E-state index < -0.39 is 45.5 Å². The number of aliphatic hydroxyl groups is 1. The first-order valence-corrected chi connectivity index (χ1v) is 6.09. The van der Waals surface area contributed by atoms with Gasteiger partial charge in [-0.2, -0.15) is 0 Å². The third-order valence-corrected chi connectivity index (χ3v) is 3.92. The molecule has 4 atom stereocenters. The van der Waals surface area contributed by atoms with Gasteiger partial charge < -0.3 is 30.0 Å². The first-order valence-electron chi connectivity index (χ1n) is 6.09. The average molecular weight is 299 g/mol. The van der Waals surface area contributed by atoms with Crippen molar-refractivity contribution in [2.24, 2.45) is 0 Å². The molecule has 0 amide bonds. The van der Waals surface area contributed by atoms with Gasteiger partial charge >= 0.3 is 11.5 Å². The molecule has 21 heavy (non-hydrogen) atoms. The van der Waals surface area contributed by atoms with Crippen molar-refractivity contribution in [3.63, 3.8) is 0 Å². The second kappa shape index (κ2) is 3.66. The molecule has 2 fully saturated rings. The van der Waals surface area contributed by atoms with Gasteiger partial charge in [0.25, 0.3) is 0 Å². The molecule has 0 radical (unpaired) electrons. The van der Waals surface area contributed by atoms with Crippen molar-refractivity contribution in [3.8, 4) is 0 Å². The Morgan fingerprint density at radius 2 is 2.19 bits per heavy atom. The molecule has 0 unspecified atom stereocenters. The fourth-order valence-electron chi connectivity index (χ4n) is 3.04. The maximum absolute atomic E-state index is 11.1. The zero-order valence-corrected chi connectivity index (χ0v) is 10.3. The fraction of sp³-hybridized carbons (Fsp3) is 0.667. The molecule has 4 rings (SSSR count). The largest absolute Gasteiger partial charge is 0.470 e. The highest BCUT2D eigenvalue weighted by atomic mass is 16.7. The molecule has 4 bridgehead atoms. The summed E-state index contributed by atoms with van der Waals surface area (Å²) in [5, 5.41) is 38.8. The summed E-state index contributed by atoms with van der Waals surface area (Å²) in [5.74, 6) is -1.07. The molecule has 3 aliphatic heterocycles. The van der Waals surface area contributed by atoms with Gasteiger partial charge in [0.15, 0.2) is 5.72 Å². The molecule has 3 aliphatic rings. The van der Waals surface area contributed by atoms with Crippen LogP contribution >= 0.6 is 0 Å². The van der Waals surface area contributed by atoms with Crippen molar-refractivity contribution in [1.29, 1.82) is 0 Å². The number of hydrogen-bond donors (Lipinski definition) is 2. The standard InChI is InChI=1S/C9H9N5O7/c15-9-1-3(4-2-20-8(9)21-4)12-6(10-9)5(13(16)17)7(11-12)14(18)19/h3-4,8,10,15H,1-2H2/t3-,4-,8+,9-/m0/s1. The normalized spacial score (nSPS) is 36.0. The van der Waals surface area contributed by atoms with Crippen molar-refractivity contribution in [1.82, 2.24) is 9.78 Å². The molecule has 1 aromatic heterocycles. The van der Waals surface area contributed by atoms with Crippen LogP contribution in [0.4, 0.5) is 17.3 Å². The molecule has 112 valence electrons. The quantitative estimate of drug-likeness (QED) is 0.542. The third-order valence-electron chi connectivity index (χ3n) is 3.92. The second-order valence-electron chi connectivity index (χ2n) is 5.14. The average Bonchev–Trinajstić information content (AvgIpc) is 2.98. The lowest BCUT2D eigenvalue weighted by Crippen LogP contribution is -2.58. The number of nitrogens with one attached hydrogen (secondary N) is 1. The molecule has 4 heterocycles. The van der Waals surface area contributed by atoms with Gasteiger partial charge in [0.2, 0.25) is 12.1 Å². The van der Waals surface area contributed by atoms with Crippen molar-refractivity contribution in [2.75, 3.05) is 11.9 Å². The second-order valence-corrected chi connectivity index (χ2v) is 5.14. The number of ether oxygens (including phenoxy) is 2. The Kier molecular flexibility index (Phi) is 2.17. The number of nitrogens with zero attached hydrogens (tertiary/aromatic N) is 4. The molecule has 0 aliphatic carbocycles. The summed E-state index contributed by atoms with van der Waals surface area (Å²) in [5.41, 5.74) is -2.45. The predicted molar refractivity (Wildman–Crippen MR) is 62.4 cm³/mol. The first kappa shape index (κ1) is 12.4. The predicted octanol–water partition coefficient (Wildman–Crippen LogP) is -0.500. The number of fused-ring (bicyclic) bond motifs is 8. The number of anilines is 1. The van der Waals surface area contributed by atoms with E-state index in [0.29, 0.717) is 0 Å². The number of aromatic nitrogens is 2. The van der Waals surface area contributed by atoms with Crippen LogP contribution in [0, 0.1) is 20.2 Å². The Bertz CT molecular complexity index is 674. The lowest BCUT2D eigenvalue weighted by atomic mass is 9.94. The molecular weight excluding hydrogens is 290 g/mol. The molecule has 1 aromatic rings. The minimum absolute atomic E-state index is 0.130. The topological polar surface area (TPSA) is 155 Å². The highest BCUT2D eigenvalue weighted by Gasteiger charge is 2.60. The van der Waals surface area contributed by atoms with Crippen LogP contribution in [-0.2, 0) is 9.47 Å². The van der Waals surface area contributed by atoms with Crippen LogP contribution in [0.1, 0.15) is 12.5 Å². The van der Waals surface area contributed by atoms with Crippen LogP contribution in [-0.4, -0.2) is 49.5 Å². The monoisotopic (exact) mass is 299 g/mol. The molecule has 2 saturated heterocycles. The maximum Gasteiger partial charge on any atom is 0.470 e. The summed E-state index contributed by atoms with van der Waals surface area (Å²) < 4.78 is 11.9. The van der Waals surface area contributed by atoms with Gasteiger partial charge in [0.1, 0.15) is 12.1 Å². The first-order chi connectivity index (χ1) is 9.90. The minimum atomic E-state index is -1.67. The van der Waals surface area contributed by atoms with Gasteiger partial charge in [-0.15, -0.1) is 4.68 Å². The highest BCUT2D eigenvalue weighted by molar-refractivity contribution is 5.68. The molecule has 2 N–H and O–H groups in total. The van der Waals surface area contributed by atoms with Crippen LogP contribution in [0.3, 0.4) is 0 Å². The Labute approximate surface area is 115 Å². The highest BCUT2D eigenvalue weighted by Crippen LogP contribution is 2.50. The fourth-order valence-corrected chi connectivity index (χ4v) is 3.04. The lowest BCUT2D eigenvalue weighted by molar-refractivity contribution is -0.424. The SMILES string of the molecule is O=[N+]([O-])c1nn2c(c1[N+](=O)[O-])N[C@]1(O)C[C@H]2[C@@H]2CO[C@@H]1O2. The summed E-state index contributed by atoms with van der Waals surface area (Å²) in [6, 6.07) is -0.572. The van der Waals surface area contributed by atoms with Gasteiger partial charge in [-0.1, -0.05) is 0 Å². The maximum atomic E-state index is 11.1. The van der Waals surface area contributed by atoms with Gasteiger partial charge in [-0.05, 0) is 4.92 Å². The van der Waals surface area contributed by atoms with Crippen molar-refractivity contribution in [3.05, 3.63) is 20.2 Å². The van der Waals surface area contributed by atoms with E-state index >= 15 is 0 Å². The van der Waals surface area contributed by atoms with E-state index in [2.05, 4.69) is 10.4 Å². The van der Waals surface area contributed by atoms with E-state index in [0.717, 1.165) is 4.68 Å². The zero-order valence-electron chi connectivity index (χ0n) is 10.3. The van der Waals surface area contributed by atoms with Gasteiger partial charge in [0, 0.05) is 6.42 Å². The molecule has 0 spiro atoms.